The minimum Gasteiger partial charge on any atom is -0.494 e. The van der Waals surface area contributed by atoms with Crippen molar-refractivity contribution in [1.29, 1.82) is 0 Å². The summed E-state index contributed by atoms with van der Waals surface area (Å²) >= 11 is 5.17. The zero-order chi connectivity index (χ0) is 28.5. The molecule has 0 saturated heterocycles. The van der Waals surface area contributed by atoms with Crippen LogP contribution in [0, 0.1) is 0 Å². The Morgan fingerprint density at radius 2 is 1.71 bits per heavy atom. The molecular formula is C33H31BrN2O4S. The number of rotatable bonds is 12. The fourth-order valence-electron chi connectivity index (χ4n) is 4.47. The first kappa shape index (κ1) is 28.9. The molecule has 1 atom stereocenters. The molecule has 0 radical (unpaired) electrons. The predicted molar refractivity (Wildman–Crippen MR) is 166 cm³/mol. The first-order chi connectivity index (χ1) is 20.0. The van der Waals surface area contributed by atoms with Crippen LogP contribution in [0.1, 0.15) is 23.1 Å². The molecule has 1 amide bonds. The van der Waals surface area contributed by atoms with Crippen LogP contribution in [0.5, 0.6) is 5.75 Å². The second-order valence-corrected chi connectivity index (χ2v) is 11.7. The molecule has 8 heteroatoms. The van der Waals surface area contributed by atoms with Gasteiger partial charge < -0.3 is 19.9 Å². The van der Waals surface area contributed by atoms with Gasteiger partial charge in [-0.3, -0.25) is 4.79 Å². The van der Waals surface area contributed by atoms with Crippen LogP contribution in [0.2, 0.25) is 0 Å². The van der Waals surface area contributed by atoms with Gasteiger partial charge in [0.05, 0.1) is 6.61 Å². The topological polar surface area (TPSA) is 80.2 Å². The van der Waals surface area contributed by atoms with Crippen LogP contribution in [0.25, 0.3) is 0 Å². The normalized spacial score (nSPS) is 16.1. The van der Waals surface area contributed by atoms with Crippen molar-refractivity contribution in [3.8, 4) is 5.75 Å². The zero-order valence-electron chi connectivity index (χ0n) is 22.5. The molecule has 0 unspecified atom stereocenters. The number of benzene rings is 4. The Kier molecular flexibility index (Phi) is 9.77. The van der Waals surface area contributed by atoms with Gasteiger partial charge in [0.15, 0.2) is 5.54 Å². The predicted octanol–water partition coefficient (Wildman–Crippen LogP) is 6.44. The lowest BCUT2D eigenvalue weighted by atomic mass is 9.91. The number of aliphatic hydroxyl groups is 1. The van der Waals surface area contributed by atoms with E-state index in [4.69, 9.17) is 19.6 Å². The summed E-state index contributed by atoms with van der Waals surface area (Å²) in [6, 6.07) is 33.7. The van der Waals surface area contributed by atoms with Crippen molar-refractivity contribution >= 4 is 39.5 Å². The zero-order valence-corrected chi connectivity index (χ0v) is 24.9. The van der Waals surface area contributed by atoms with E-state index in [9.17, 15) is 4.79 Å². The summed E-state index contributed by atoms with van der Waals surface area (Å²) in [6.07, 6.45) is 0.971. The van der Waals surface area contributed by atoms with E-state index < -0.39 is 5.54 Å². The van der Waals surface area contributed by atoms with E-state index in [1.165, 1.54) is 0 Å². The Balaban J connectivity index is 1.36. The van der Waals surface area contributed by atoms with Crippen molar-refractivity contribution < 1.29 is 19.4 Å². The first-order valence-electron chi connectivity index (χ1n) is 13.4. The van der Waals surface area contributed by atoms with Crippen LogP contribution in [0.15, 0.2) is 122 Å². The number of hydrogen-bond acceptors (Lipinski definition) is 6. The maximum Gasteiger partial charge on any atom is 0.252 e. The highest BCUT2D eigenvalue weighted by Gasteiger charge is 2.44. The molecule has 4 aromatic rings. The third kappa shape index (κ3) is 7.58. The van der Waals surface area contributed by atoms with E-state index in [1.54, 1.807) is 11.8 Å². The largest absolute Gasteiger partial charge is 0.494 e. The second-order valence-electron chi connectivity index (χ2n) is 9.70. The SMILES string of the molecule is O=C(NCc1ccccc1Sc1ccccc1)[C@@]1(Cc2ccc(Br)cc2)COC(c2ccc(OCCCO)cc2)=N1. The van der Waals surface area contributed by atoms with Gasteiger partial charge in [-0.15, -0.1) is 0 Å². The van der Waals surface area contributed by atoms with E-state index in [2.05, 4.69) is 39.4 Å². The highest BCUT2D eigenvalue weighted by Crippen LogP contribution is 2.31. The number of aliphatic imine (C=N–C) groups is 1. The number of ether oxygens (including phenoxy) is 2. The standard InChI is InChI=1S/C33H31BrN2O4S/c34-27-15-11-24(12-16-27)21-33(23-40-31(36-33)25-13-17-28(18-14-25)39-20-6-19-37)32(38)35-22-26-7-4-5-10-30(26)41-29-8-2-1-3-9-29/h1-5,7-18,37H,6,19-23H2,(H,35,38)/t33-/m1/s1. The number of carbonyl (C=O) groups is 1. The molecule has 0 aliphatic carbocycles. The van der Waals surface area contributed by atoms with Crippen LogP contribution < -0.4 is 10.1 Å². The maximum absolute atomic E-state index is 13.9. The molecule has 0 aromatic heterocycles. The van der Waals surface area contributed by atoms with Crippen LogP contribution >= 0.6 is 27.7 Å². The fourth-order valence-corrected chi connectivity index (χ4v) is 5.70. The molecule has 1 aliphatic rings. The van der Waals surface area contributed by atoms with E-state index >= 15 is 0 Å². The van der Waals surface area contributed by atoms with Gasteiger partial charge in [-0.2, -0.15) is 0 Å². The number of aliphatic hydroxyl groups excluding tert-OH is 1. The Bertz CT molecular complexity index is 1480. The molecule has 5 rings (SSSR count). The molecule has 0 saturated carbocycles. The third-order valence-electron chi connectivity index (χ3n) is 6.65. The Labute approximate surface area is 253 Å². The molecule has 210 valence electrons. The molecule has 0 spiro atoms. The fraction of sp³-hybridized carbons (Fsp3) is 0.212. The summed E-state index contributed by atoms with van der Waals surface area (Å²) in [4.78, 5) is 21.0. The Morgan fingerprint density at radius 1 is 0.976 bits per heavy atom. The van der Waals surface area contributed by atoms with Crippen molar-refractivity contribution in [2.75, 3.05) is 19.8 Å². The number of amides is 1. The number of hydrogen-bond donors (Lipinski definition) is 2. The van der Waals surface area contributed by atoms with E-state index in [0.717, 1.165) is 31.0 Å². The third-order valence-corrected chi connectivity index (χ3v) is 8.31. The van der Waals surface area contributed by atoms with Gasteiger partial charge in [0.25, 0.3) is 5.91 Å². The van der Waals surface area contributed by atoms with Crippen molar-refractivity contribution in [2.45, 2.75) is 34.7 Å². The number of carbonyl (C=O) groups excluding carboxylic acids is 1. The van der Waals surface area contributed by atoms with Crippen molar-refractivity contribution in [3.05, 3.63) is 124 Å². The van der Waals surface area contributed by atoms with Crippen molar-refractivity contribution in [3.63, 3.8) is 0 Å². The molecule has 0 fully saturated rings. The summed E-state index contributed by atoms with van der Waals surface area (Å²) in [5, 5.41) is 12.1. The van der Waals surface area contributed by atoms with Crippen molar-refractivity contribution in [1.82, 2.24) is 5.32 Å². The van der Waals surface area contributed by atoms with Crippen LogP contribution in [-0.4, -0.2) is 42.3 Å². The summed E-state index contributed by atoms with van der Waals surface area (Å²) in [7, 11) is 0. The number of halogens is 1. The van der Waals surface area contributed by atoms with Gasteiger partial charge in [-0.1, -0.05) is 76.2 Å². The highest BCUT2D eigenvalue weighted by molar-refractivity contribution is 9.10. The van der Waals surface area contributed by atoms with Gasteiger partial charge in [0.1, 0.15) is 12.4 Å². The second kappa shape index (κ2) is 13.9. The number of nitrogens with one attached hydrogen (secondary N) is 1. The van der Waals surface area contributed by atoms with E-state index in [0.29, 0.717) is 37.6 Å². The van der Waals surface area contributed by atoms with Gasteiger partial charge in [0.2, 0.25) is 5.90 Å². The molecule has 1 aliphatic heterocycles. The van der Waals surface area contributed by atoms with Gasteiger partial charge in [-0.05, 0) is 65.7 Å². The molecule has 6 nitrogen and oxygen atoms in total. The molecule has 1 heterocycles. The minimum absolute atomic E-state index is 0.0860. The average Bonchev–Trinajstić information content (AvgIpc) is 3.44. The minimum atomic E-state index is -1.11. The van der Waals surface area contributed by atoms with Crippen molar-refractivity contribution in [2.24, 2.45) is 4.99 Å². The van der Waals surface area contributed by atoms with Gasteiger partial charge in [0, 0.05) is 45.8 Å². The van der Waals surface area contributed by atoms with E-state index in [1.807, 2.05) is 84.9 Å². The van der Waals surface area contributed by atoms with Crippen LogP contribution in [-0.2, 0) is 22.5 Å². The quantitative estimate of drug-likeness (QED) is 0.176. The summed E-state index contributed by atoms with van der Waals surface area (Å²) in [6.45, 7) is 1.04. The Hall–Kier alpha value is -3.59. The lowest BCUT2D eigenvalue weighted by Gasteiger charge is -2.23. The lowest BCUT2D eigenvalue weighted by Crippen LogP contribution is -2.48. The molecule has 4 aromatic carbocycles. The Morgan fingerprint density at radius 3 is 2.46 bits per heavy atom. The maximum atomic E-state index is 13.9. The van der Waals surface area contributed by atoms with Crippen LogP contribution in [0.3, 0.4) is 0 Å². The first-order valence-corrected chi connectivity index (χ1v) is 15.1. The monoisotopic (exact) mass is 630 g/mol. The smallest absolute Gasteiger partial charge is 0.252 e. The average molecular weight is 632 g/mol. The molecule has 2 N–H and O–H groups in total. The molecular weight excluding hydrogens is 600 g/mol. The highest BCUT2D eigenvalue weighted by atomic mass is 79.9. The van der Waals surface area contributed by atoms with E-state index in [-0.39, 0.29) is 19.1 Å². The lowest BCUT2D eigenvalue weighted by molar-refractivity contribution is -0.126. The van der Waals surface area contributed by atoms with Gasteiger partial charge in [-0.25, -0.2) is 4.99 Å². The number of nitrogens with zero attached hydrogens (tertiary/aromatic N) is 1. The molecule has 41 heavy (non-hydrogen) atoms. The summed E-state index contributed by atoms with van der Waals surface area (Å²) in [5.74, 6) is 0.949. The van der Waals surface area contributed by atoms with Crippen LogP contribution in [0.4, 0.5) is 0 Å². The summed E-state index contributed by atoms with van der Waals surface area (Å²) < 4.78 is 12.7. The summed E-state index contributed by atoms with van der Waals surface area (Å²) in [5.41, 5.74) is 1.69. The molecule has 0 bridgehead atoms. The van der Waals surface area contributed by atoms with Gasteiger partial charge >= 0.3 is 0 Å².